The molecule has 1 unspecified atom stereocenters. The molecule has 0 fully saturated rings. The number of carbonyl (C=O) groups is 2. The maximum absolute atomic E-state index is 12.3. The van der Waals surface area contributed by atoms with Crippen LogP contribution in [-0.2, 0) is 11.3 Å². The van der Waals surface area contributed by atoms with E-state index in [1.807, 2.05) is 31.5 Å². The van der Waals surface area contributed by atoms with Crippen molar-refractivity contribution in [3.63, 3.8) is 0 Å². The van der Waals surface area contributed by atoms with Gasteiger partial charge in [0.1, 0.15) is 0 Å². The van der Waals surface area contributed by atoms with Gasteiger partial charge in [0.05, 0.1) is 18.2 Å². The number of hydrogen-bond acceptors (Lipinski definition) is 3. The molecule has 22 heavy (non-hydrogen) atoms. The van der Waals surface area contributed by atoms with Gasteiger partial charge in [-0.1, -0.05) is 19.1 Å². The Morgan fingerprint density at radius 3 is 2.59 bits per heavy atom. The molecule has 0 spiro atoms. The van der Waals surface area contributed by atoms with Crippen LogP contribution in [0.15, 0.2) is 30.3 Å². The maximum Gasteiger partial charge on any atom is 0.229 e. The summed E-state index contributed by atoms with van der Waals surface area (Å²) in [7, 11) is 0. The minimum Gasteiger partial charge on any atom is -0.326 e. The number of benzene rings is 1. The van der Waals surface area contributed by atoms with Crippen LogP contribution >= 0.6 is 0 Å². The summed E-state index contributed by atoms with van der Waals surface area (Å²) >= 11 is 0. The lowest BCUT2D eigenvalue weighted by Gasteiger charge is -2.14. The highest BCUT2D eigenvalue weighted by atomic mass is 16.2. The van der Waals surface area contributed by atoms with E-state index in [0.717, 1.165) is 11.4 Å². The van der Waals surface area contributed by atoms with Crippen molar-refractivity contribution in [1.29, 1.82) is 0 Å². The van der Waals surface area contributed by atoms with E-state index >= 15 is 0 Å². The highest BCUT2D eigenvalue weighted by molar-refractivity contribution is 5.97. The number of carbonyl (C=O) groups excluding carboxylic acids is 2. The molecule has 1 aromatic carbocycles. The molecule has 2 aromatic rings. The molecule has 5 nitrogen and oxygen atoms in total. The van der Waals surface area contributed by atoms with E-state index < -0.39 is 0 Å². The van der Waals surface area contributed by atoms with Gasteiger partial charge in [-0.3, -0.25) is 14.3 Å². The summed E-state index contributed by atoms with van der Waals surface area (Å²) in [5.41, 5.74) is 3.21. The maximum atomic E-state index is 12.3. The van der Waals surface area contributed by atoms with Crippen molar-refractivity contribution in [2.24, 2.45) is 5.92 Å². The predicted octanol–water partition coefficient (Wildman–Crippen LogP) is 2.98. The van der Waals surface area contributed by atoms with Crippen molar-refractivity contribution in [3.8, 4) is 0 Å². The summed E-state index contributed by atoms with van der Waals surface area (Å²) < 4.78 is 1.84. The van der Waals surface area contributed by atoms with E-state index in [1.54, 1.807) is 24.3 Å². The van der Waals surface area contributed by atoms with Crippen molar-refractivity contribution < 1.29 is 9.59 Å². The first-order valence-corrected chi connectivity index (χ1v) is 7.29. The number of Topliss-reactive ketones (excluding diaryl/α,β-unsaturated/α-hetero) is 1. The zero-order valence-electron chi connectivity index (χ0n) is 13.4. The molecular weight excluding hydrogens is 278 g/mol. The number of amides is 1. The summed E-state index contributed by atoms with van der Waals surface area (Å²) in [6.07, 6.45) is 0. The Labute approximate surface area is 130 Å². The third-order valence-electron chi connectivity index (χ3n) is 3.53. The van der Waals surface area contributed by atoms with E-state index in [1.165, 1.54) is 6.92 Å². The van der Waals surface area contributed by atoms with Crippen LogP contribution in [-0.4, -0.2) is 21.5 Å². The number of aryl methyl sites for hydroxylation is 2. The van der Waals surface area contributed by atoms with Crippen molar-refractivity contribution >= 4 is 17.4 Å². The fourth-order valence-corrected chi connectivity index (χ4v) is 2.28. The van der Waals surface area contributed by atoms with E-state index in [9.17, 15) is 9.59 Å². The second kappa shape index (κ2) is 6.56. The number of nitrogens with one attached hydrogen (secondary N) is 1. The molecule has 1 heterocycles. The second-order valence-corrected chi connectivity index (χ2v) is 5.64. The molecule has 116 valence electrons. The zero-order valence-corrected chi connectivity index (χ0v) is 13.4. The van der Waals surface area contributed by atoms with Gasteiger partial charge in [0, 0.05) is 16.9 Å². The van der Waals surface area contributed by atoms with E-state index in [-0.39, 0.29) is 17.6 Å². The van der Waals surface area contributed by atoms with Crippen LogP contribution in [0.1, 0.15) is 35.6 Å². The van der Waals surface area contributed by atoms with Crippen LogP contribution < -0.4 is 5.32 Å². The van der Waals surface area contributed by atoms with Crippen LogP contribution in [0.25, 0.3) is 0 Å². The summed E-state index contributed by atoms with van der Waals surface area (Å²) in [6.45, 7) is 7.80. The van der Waals surface area contributed by atoms with Crippen LogP contribution in [0, 0.1) is 19.8 Å². The Morgan fingerprint density at radius 1 is 1.27 bits per heavy atom. The summed E-state index contributed by atoms with van der Waals surface area (Å²) in [6, 6.07) is 8.95. The average Bonchev–Trinajstić information content (AvgIpc) is 2.77. The van der Waals surface area contributed by atoms with Crippen molar-refractivity contribution in [1.82, 2.24) is 9.78 Å². The smallest absolute Gasteiger partial charge is 0.229 e. The summed E-state index contributed by atoms with van der Waals surface area (Å²) in [5, 5.41) is 7.22. The van der Waals surface area contributed by atoms with E-state index in [4.69, 9.17) is 0 Å². The normalized spacial score (nSPS) is 12.0. The summed E-state index contributed by atoms with van der Waals surface area (Å²) in [5.74, 6) is -0.334. The number of anilines is 1. The van der Waals surface area contributed by atoms with Crippen molar-refractivity contribution in [3.05, 3.63) is 47.3 Å². The number of ketones is 1. The highest BCUT2D eigenvalue weighted by Crippen LogP contribution is 2.14. The molecular formula is C17H21N3O2. The lowest BCUT2D eigenvalue weighted by atomic mass is 10.1. The van der Waals surface area contributed by atoms with Crippen molar-refractivity contribution in [2.45, 2.75) is 34.2 Å². The molecule has 0 radical (unpaired) electrons. The fraction of sp³-hybridized carbons (Fsp3) is 0.353. The lowest BCUT2D eigenvalue weighted by Crippen LogP contribution is -2.25. The van der Waals surface area contributed by atoms with Gasteiger partial charge in [0.2, 0.25) is 5.91 Å². The van der Waals surface area contributed by atoms with Gasteiger partial charge in [-0.15, -0.1) is 0 Å². The quantitative estimate of drug-likeness (QED) is 0.863. The Bertz CT molecular complexity index is 704. The van der Waals surface area contributed by atoms with Gasteiger partial charge in [0.25, 0.3) is 0 Å². The Morgan fingerprint density at radius 2 is 2.00 bits per heavy atom. The molecule has 0 aliphatic heterocycles. The second-order valence-electron chi connectivity index (χ2n) is 5.64. The van der Waals surface area contributed by atoms with E-state index in [0.29, 0.717) is 17.8 Å². The fourth-order valence-electron chi connectivity index (χ4n) is 2.28. The minimum absolute atomic E-state index is 0.0215. The molecule has 1 amide bonds. The van der Waals surface area contributed by atoms with Gasteiger partial charge in [-0.05, 0) is 39.0 Å². The van der Waals surface area contributed by atoms with Crippen LogP contribution in [0.2, 0.25) is 0 Å². The van der Waals surface area contributed by atoms with Crippen molar-refractivity contribution in [2.75, 3.05) is 5.32 Å². The number of hydrogen-bond donors (Lipinski definition) is 1. The molecule has 2 rings (SSSR count). The van der Waals surface area contributed by atoms with Gasteiger partial charge >= 0.3 is 0 Å². The largest absolute Gasteiger partial charge is 0.326 e. The van der Waals surface area contributed by atoms with Crippen LogP contribution in [0.3, 0.4) is 0 Å². The molecule has 1 N–H and O–H groups in total. The Balaban J connectivity index is 2.04. The molecule has 0 saturated heterocycles. The first kappa shape index (κ1) is 15.9. The lowest BCUT2D eigenvalue weighted by molar-refractivity contribution is -0.119. The summed E-state index contributed by atoms with van der Waals surface area (Å²) in [4.78, 5) is 23.7. The van der Waals surface area contributed by atoms with E-state index in [2.05, 4.69) is 10.4 Å². The van der Waals surface area contributed by atoms with Crippen LogP contribution in [0.4, 0.5) is 5.69 Å². The molecule has 1 atom stereocenters. The topological polar surface area (TPSA) is 64.0 Å². The zero-order chi connectivity index (χ0) is 16.3. The van der Waals surface area contributed by atoms with Gasteiger partial charge < -0.3 is 5.32 Å². The predicted molar refractivity (Wildman–Crippen MR) is 85.9 cm³/mol. The monoisotopic (exact) mass is 299 g/mol. The Hall–Kier alpha value is -2.43. The molecule has 0 saturated carbocycles. The molecule has 5 heteroatoms. The average molecular weight is 299 g/mol. The number of nitrogens with zero attached hydrogens (tertiary/aromatic N) is 2. The van der Waals surface area contributed by atoms with Gasteiger partial charge in [-0.25, -0.2) is 0 Å². The van der Waals surface area contributed by atoms with Crippen LogP contribution in [0.5, 0.6) is 0 Å². The number of aromatic nitrogens is 2. The molecule has 1 aromatic heterocycles. The Kier molecular flexibility index (Phi) is 4.75. The minimum atomic E-state index is -0.223. The highest BCUT2D eigenvalue weighted by Gasteiger charge is 2.15. The van der Waals surface area contributed by atoms with Gasteiger partial charge in [-0.2, -0.15) is 5.10 Å². The molecule has 0 aliphatic rings. The molecule has 0 bridgehead atoms. The molecule has 0 aliphatic carbocycles. The van der Waals surface area contributed by atoms with Gasteiger partial charge in [0.15, 0.2) is 5.78 Å². The third kappa shape index (κ3) is 3.81. The first-order valence-electron chi connectivity index (χ1n) is 7.29. The SMILES string of the molecule is CC(=O)c1cccc(NC(=O)C(C)Cn2nc(C)cc2C)c1. The first-order chi connectivity index (χ1) is 10.4. The third-order valence-corrected chi connectivity index (χ3v) is 3.53. The number of rotatable bonds is 5. The standard InChI is InChI=1S/C17H21N3O2/c1-11(10-20-13(3)8-12(2)19-20)17(22)18-16-7-5-6-15(9-16)14(4)21/h5-9,11H,10H2,1-4H3,(H,18,22).